The van der Waals surface area contributed by atoms with Crippen molar-refractivity contribution in [2.75, 3.05) is 13.7 Å². The molecule has 0 aromatic carbocycles. The Morgan fingerprint density at radius 1 is 1.10 bits per heavy atom. The van der Waals surface area contributed by atoms with Crippen LogP contribution in [0.15, 0.2) is 36.7 Å². The van der Waals surface area contributed by atoms with Crippen LogP contribution >= 0.6 is 0 Å². The van der Waals surface area contributed by atoms with Crippen LogP contribution in [0.5, 0.6) is 11.6 Å². The number of ether oxygens (including phenoxy) is 2. The van der Waals surface area contributed by atoms with Crippen LogP contribution in [-0.4, -0.2) is 44.0 Å². The van der Waals surface area contributed by atoms with Crippen LogP contribution in [0.2, 0.25) is 0 Å². The summed E-state index contributed by atoms with van der Waals surface area (Å²) in [7, 11) is 1.63. The number of hydrogen-bond acceptors (Lipinski definition) is 8. The molecule has 0 saturated heterocycles. The molecule has 156 valence electrons. The Kier molecular flexibility index (Phi) is 5.34. The molecule has 1 aliphatic carbocycles. The number of rotatable bonds is 7. The van der Waals surface area contributed by atoms with E-state index in [0.717, 1.165) is 17.9 Å². The van der Waals surface area contributed by atoms with Crippen molar-refractivity contribution in [3.05, 3.63) is 53.9 Å². The van der Waals surface area contributed by atoms with Crippen molar-refractivity contribution in [3.8, 4) is 22.9 Å². The standard InChI is InChI=1S/C22H25N5O3/c1-13-23-11-17(19-7-8-20(27-26-19)22(2,3)28)21(25-13)30-12-14-9-16(14)18-6-5-15(29-4)10-24-18/h5-8,10-11,14,16,28H,9,12H2,1-4H3/t14?,16-/m1/s1. The Hall–Kier alpha value is -3.13. The van der Waals surface area contributed by atoms with Crippen LogP contribution < -0.4 is 9.47 Å². The molecule has 4 rings (SSSR count). The number of methoxy groups -OCH3 is 1. The fourth-order valence-electron chi connectivity index (χ4n) is 3.25. The maximum Gasteiger partial charge on any atom is 0.226 e. The summed E-state index contributed by atoms with van der Waals surface area (Å²) < 4.78 is 11.2. The predicted molar refractivity (Wildman–Crippen MR) is 110 cm³/mol. The van der Waals surface area contributed by atoms with E-state index in [1.165, 1.54) is 0 Å². The molecule has 0 bridgehead atoms. The molecule has 0 radical (unpaired) electrons. The first-order chi connectivity index (χ1) is 14.3. The summed E-state index contributed by atoms with van der Waals surface area (Å²) in [6.45, 7) is 5.70. The van der Waals surface area contributed by atoms with Crippen LogP contribution in [0.1, 0.15) is 43.4 Å². The zero-order chi connectivity index (χ0) is 21.3. The maximum atomic E-state index is 10.1. The molecular formula is C22H25N5O3. The van der Waals surface area contributed by atoms with E-state index in [0.29, 0.717) is 47.1 Å². The predicted octanol–water partition coefficient (Wildman–Crippen LogP) is 3.06. The molecule has 1 unspecified atom stereocenters. The molecule has 30 heavy (non-hydrogen) atoms. The van der Waals surface area contributed by atoms with Gasteiger partial charge in [0.2, 0.25) is 5.88 Å². The molecule has 0 amide bonds. The first-order valence-electron chi connectivity index (χ1n) is 9.88. The lowest BCUT2D eigenvalue weighted by molar-refractivity contribution is 0.0729. The number of aliphatic hydroxyl groups is 1. The van der Waals surface area contributed by atoms with Gasteiger partial charge in [0.15, 0.2) is 0 Å². The minimum absolute atomic E-state index is 0.383. The smallest absolute Gasteiger partial charge is 0.226 e. The third kappa shape index (κ3) is 4.38. The summed E-state index contributed by atoms with van der Waals surface area (Å²) in [6.07, 6.45) is 4.47. The molecule has 3 heterocycles. The lowest BCUT2D eigenvalue weighted by atomic mass is 10.0. The zero-order valence-electron chi connectivity index (χ0n) is 17.5. The molecule has 3 aromatic heterocycles. The fraction of sp³-hybridized carbons (Fsp3) is 0.409. The molecule has 8 heteroatoms. The second-order valence-corrected chi connectivity index (χ2v) is 8.04. The van der Waals surface area contributed by atoms with Crippen molar-refractivity contribution in [2.45, 2.75) is 38.7 Å². The van der Waals surface area contributed by atoms with Crippen LogP contribution in [0.4, 0.5) is 0 Å². The van der Waals surface area contributed by atoms with Gasteiger partial charge in [0.25, 0.3) is 0 Å². The van der Waals surface area contributed by atoms with E-state index < -0.39 is 5.60 Å². The molecule has 0 spiro atoms. The number of aromatic nitrogens is 5. The number of pyridine rings is 1. The lowest BCUT2D eigenvalue weighted by Gasteiger charge is -2.16. The lowest BCUT2D eigenvalue weighted by Crippen LogP contribution is -2.18. The van der Waals surface area contributed by atoms with Gasteiger partial charge in [-0.25, -0.2) is 4.98 Å². The van der Waals surface area contributed by atoms with Gasteiger partial charge in [-0.2, -0.15) is 10.1 Å². The van der Waals surface area contributed by atoms with Gasteiger partial charge in [-0.1, -0.05) is 0 Å². The summed E-state index contributed by atoms with van der Waals surface area (Å²) in [5.74, 6) is 2.64. The van der Waals surface area contributed by atoms with Crippen molar-refractivity contribution in [1.29, 1.82) is 0 Å². The maximum absolute atomic E-state index is 10.1. The fourth-order valence-corrected chi connectivity index (χ4v) is 3.25. The van der Waals surface area contributed by atoms with Gasteiger partial charge in [-0.15, -0.1) is 5.10 Å². The quantitative estimate of drug-likeness (QED) is 0.637. The Bertz CT molecular complexity index is 1020. The third-order valence-corrected chi connectivity index (χ3v) is 5.17. The third-order valence-electron chi connectivity index (χ3n) is 5.17. The van der Waals surface area contributed by atoms with Crippen molar-refractivity contribution < 1.29 is 14.6 Å². The van der Waals surface area contributed by atoms with Gasteiger partial charge < -0.3 is 14.6 Å². The zero-order valence-corrected chi connectivity index (χ0v) is 17.5. The first-order valence-corrected chi connectivity index (χ1v) is 9.88. The van der Waals surface area contributed by atoms with Gasteiger partial charge in [0.1, 0.15) is 17.2 Å². The minimum atomic E-state index is -1.05. The van der Waals surface area contributed by atoms with Gasteiger partial charge in [-0.3, -0.25) is 4.98 Å². The monoisotopic (exact) mass is 407 g/mol. The topological polar surface area (TPSA) is 103 Å². The van der Waals surface area contributed by atoms with Crippen LogP contribution in [0.25, 0.3) is 11.3 Å². The normalized spacial score (nSPS) is 18.2. The summed E-state index contributed by atoms with van der Waals surface area (Å²) in [6, 6.07) is 7.48. The molecule has 1 N–H and O–H groups in total. The molecule has 1 aliphatic rings. The Morgan fingerprint density at radius 2 is 1.93 bits per heavy atom. The van der Waals surface area contributed by atoms with Gasteiger partial charge in [0, 0.05) is 23.7 Å². The Balaban J connectivity index is 1.46. The number of nitrogens with zero attached hydrogens (tertiary/aromatic N) is 5. The number of aryl methyl sites for hydroxylation is 1. The van der Waals surface area contributed by atoms with E-state index in [1.54, 1.807) is 45.5 Å². The second kappa shape index (κ2) is 7.95. The molecule has 3 aromatic rings. The average molecular weight is 407 g/mol. The summed E-state index contributed by atoms with van der Waals surface area (Å²) in [4.78, 5) is 13.2. The highest BCUT2D eigenvalue weighted by molar-refractivity contribution is 5.63. The Labute approximate surface area is 175 Å². The van der Waals surface area contributed by atoms with E-state index in [1.807, 2.05) is 19.1 Å². The van der Waals surface area contributed by atoms with Crippen LogP contribution in [-0.2, 0) is 5.60 Å². The largest absolute Gasteiger partial charge is 0.495 e. The van der Waals surface area contributed by atoms with Gasteiger partial charge in [-0.05, 0) is 51.5 Å². The second-order valence-electron chi connectivity index (χ2n) is 8.04. The SMILES string of the molecule is COc1ccc([C@@H]2CC2COc2nc(C)ncc2-c2ccc(C(C)(C)O)nn2)nc1. The summed E-state index contributed by atoms with van der Waals surface area (Å²) >= 11 is 0. The highest BCUT2D eigenvalue weighted by Gasteiger charge is 2.40. The van der Waals surface area contributed by atoms with Gasteiger partial charge in [0.05, 0.1) is 36.9 Å². The van der Waals surface area contributed by atoms with E-state index in [-0.39, 0.29) is 0 Å². The first kappa shape index (κ1) is 20.2. The molecule has 0 aliphatic heterocycles. The molecule has 2 atom stereocenters. The van der Waals surface area contributed by atoms with E-state index in [2.05, 4.69) is 25.1 Å². The van der Waals surface area contributed by atoms with Gasteiger partial charge >= 0.3 is 0 Å². The van der Waals surface area contributed by atoms with Crippen LogP contribution in [0, 0.1) is 12.8 Å². The van der Waals surface area contributed by atoms with Crippen molar-refractivity contribution in [1.82, 2.24) is 25.1 Å². The highest BCUT2D eigenvalue weighted by atomic mass is 16.5. The molecule has 1 saturated carbocycles. The van der Waals surface area contributed by atoms with E-state index in [4.69, 9.17) is 9.47 Å². The molecule has 8 nitrogen and oxygen atoms in total. The van der Waals surface area contributed by atoms with Crippen molar-refractivity contribution >= 4 is 0 Å². The van der Waals surface area contributed by atoms with Crippen LogP contribution in [0.3, 0.4) is 0 Å². The highest BCUT2D eigenvalue weighted by Crippen LogP contribution is 2.47. The average Bonchev–Trinajstić information content (AvgIpc) is 3.51. The van der Waals surface area contributed by atoms with Crippen molar-refractivity contribution in [2.24, 2.45) is 5.92 Å². The summed E-state index contributed by atoms with van der Waals surface area (Å²) in [5, 5.41) is 18.4. The van der Waals surface area contributed by atoms with Crippen molar-refractivity contribution in [3.63, 3.8) is 0 Å². The minimum Gasteiger partial charge on any atom is -0.495 e. The van der Waals surface area contributed by atoms with E-state index >= 15 is 0 Å². The number of hydrogen-bond donors (Lipinski definition) is 1. The Morgan fingerprint density at radius 3 is 2.57 bits per heavy atom. The molecule has 1 fully saturated rings. The van der Waals surface area contributed by atoms with E-state index in [9.17, 15) is 5.11 Å². The molecular weight excluding hydrogens is 382 g/mol. The summed E-state index contributed by atoms with van der Waals surface area (Å²) in [5.41, 5.74) is 1.77.